The molecule has 0 aliphatic carbocycles. The maximum atomic E-state index is 11.7. The average Bonchev–Trinajstić information content (AvgIpc) is 2.30. The monoisotopic (exact) mass is 246 g/mol. The molecule has 17 heavy (non-hydrogen) atoms. The van der Waals surface area contributed by atoms with Crippen molar-refractivity contribution in [3.05, 3.63) is 0 Å². The summed E-state index contributed by atoms with van der Waals surface area (Å²) in [5, 5.41) is 12.0. The molecule has 0 aromatic heterocycles. The second-order valence-corrected chi connectivity index (χ2v) is 4.43. The fraction of sp³-hybridized carbons (Fsp3) is 0.917. The molecule has 0 rings (SSSR count). The SMILES string of the molecule is COCCCNC(=O)C(C)N(C)CCC(C)O. The number of aliphatic hydroxyl groups is 1. The van der Waals surface area contributed by atoms with Gasteiger partial charge in [-0.1, -0.05) is 0 Å². The van der Waals surface area contributed by atoms with Crippen molar-refractivity contribution in [1.82, 2.24) is 10.2 Å². The van der Waals surface area contributed by atoms with Crippen LogP contribution in [0.2, 0.25) is 0 Å². The molecule has 5 nitrogen and oxygen atoms in total. The largest absolute Gasteiger partial charge is 0.393 e. The number of carbonyl (C=O) groups is 1. The second-order valence-electron chi connectivity index (χ2n) is 4.43. The van der Waals surface area contributed by atoms with Crippen LogP contribution in [0.25, 0.3) is 0 Å². The molecule has 2 atom stereocenters. The first-order valence-electron chi connectivity index (χ1n) is 6.14. The molecule has 0 heterocycles. The lowest BCUT2D eigenvalue weighted by atomic mass is 10.2. The predicted octanol–water partition coefficient (Wildman–Crippen LogP) is 0.230. The topological polar surface area (TPSA) is 61.8 Å². The molecule has 102 valence electrons. The van der Waals surface area contributed by atoms with E-state index in [2.05, 4.69) is 5.32 Å². The third kappa shape index (κ3) is 8.12. The average molecular weight is 246 g/mol. The Labute approximate surface area is 104 Å². The van der Waals surface area contributed by atoms with E-state index in [1.807, 2.05) is 18.9 Å². The molecule has 0 aliphatic heterocycles. The first-order chi connectivity index (χ1) is 7.99. The fourth-order valence-corrected chi connectivity index (χ4v) is 1.36. The van der Waals surface area contributed by atoms with Gasteiger partial charge in [0.05, 0.1) is 12.1 Å². The molecule has 0 aliphatic rings. The Hall–Kier alpha value is -0.650. The van der Waals surface area contributed by atoms with E-state index < -0.39 is 0 Å². The van der Waals surface area contributed by atoms with Crippen molar-refractivity contribution in [2.24, 2.45) is 0 Å². The van der Waals surface area contributed by atoms with Gasteiger partial charge in [-0.05, 0) is 33.7 Å². The van der Waals surface area contributed by atoms with Gasteiger partial charge in [0, 0.05) is 26.8 Å². The van der Waals surface area contributed by atoms with Crippen LogP contribution in [0.1, 0.15) is 26.7 Å². The van der Waals surface area contributed by atoms with E-state index >= 15 is 0 Å². The Morgan fingerprint density at radius 3 is 2.65 bits per heavy atom. The normalized spacial score (nSPS) is 14.7. The zero-order chi connectivity index (χ0) is 13.3. The fourth-order valence-electron chi connectivity index (χ4n) is 1.36. The van der Waals surface area contributed by atoms with Gasteiger partial charge in [0.2, 0.25) is 5.91 Å². The Morgan fingerprint density at radius 2 is 2.12 bits per heavy atom. The Balaban J connectivity index is 3.78. The molecule has 0 radical (unpaired) electrons. The van der Waals surface area contributed by atoms with Gasteiger partial charge in [0.25, 0.3) is 0 Å². The number of rotatable bonds is 9. The van der Waals surface area contributed by atoms with Crippen molar-refractivity contribution in [2.45, 2.75) is 38.8 Å². The smallest absolute Gasteiger partial charge is 0.237 e. The van der Waals surface area contributed by atoms with E-state index in [1.165, 1.54) is 0 Å². The van der Waals surface area contributed by atoms with E-state index in [4.69, 9.17) is 4.74 Å². The summed E-state index contributed by atoms with van der Waals surface area (Å²) in [6.45, 7) is 5.63. The molecule has 5 heteroatoms. The number of likely N-dealkylation sites (N-methyl/N-ethyl adjacent to an activating group) is 1. The number of methoxy groups -OCH3 is 1. The molecule has 0 aromatic carbocycles. The van der Waals surface area contributed by atoms with Gasteiger partial charge in [0.1, 0.15) is 0 Å². The molecule has 0 fully saturated rings. The summed E-state index contributed by atoms with van der Waals surface area (Å²) in [6, 6.07) is -0.170. The van der Waals surface area contributed by atoms with Gasteiger partial charge in [-0.15, -0.1) is 0 Å². The maximum Gasteiger partial charge on any atom is 0.237 e. The Kier molecular flexibility index (Phi) is 9.03. The lowest BCUT2D eigenvalue weighted by Crippen LogP contribution is -2.44. The van der Waals surface area contributed by atoms with E-state index in [0.29, 0.717) is 26.1 Å². The summed E-state index contributed by atoms with van der Waals surface area (Å²) in [4.78, 5) is 13.7. The molecule has 1 amide bonds. The lowest BCUT2D eigenvalue weighted by Gasteiger charge is -2.24. The minimum Gasteiger partial charge on any atom is -0.393 e. The number of ether oxygens (including phenoxy) is 1. The van der Waals surface area contributed by atoms with Crippen molar-refractivity contribution in [2.75, 3.05) is 33.9 Å². The van der Waals surface area contributed by atoms with Crippen molar-refractivity contribution in [3.63, 3.8) is 0 Å². The van der Waals surface area contributed by atoms with Gasteiger partial charge in [-0.2, -0.15) is 0 Å². The van der Waals surface area contributed by atoms with Gasteiger partial charge < -0.3 is 15.2 Å². The third-order valence-corrected chi connectivity index (χ3v) is 2.76. The highest BCUT2D eigenvalue weighted by atomic mass is 16.5. The highest BCUT2D eigenvalue weighted by Gasteiger charge is 2.17. The van der Waals surface area contributed by atoms with E-state index in [-0.39, 0.29) is 18.1 Å². The van der Waals surface area contributed by atoms with Crippen LogP contribution in [0.3, 0.4) is 0 Å². The maximum absolute atomic E-state index is 11.7. The van der Waals surface area contributed by atoms with Crippen LogP contribution >= 0.6 is 0 Å². The molecule has 0 aromatic rings. The summed E-state index contributed by atoms with van der Waals surface area (Å²) in [5.41, 5.74) is 0. The highest BCUT2D eigenvalue weighted by Crippen LogP contribution is 1.99. The molecule has 0 saturated heterocycles. The number of nitrogens with one attached hydrogen (secondary N) is 1. The molecular weight excluding hydrogens is 220 g/mol. The van der Waals surface area contributed by atoms with Crippen molar-refractivity contribution in [1.29, 1.82) is 0 Å². The summed E-state index contributed by atoms with van der Waals surface area (Å²) < 4.78 is 4.91. The molecule has 2 N–H and O–H groups in total. The summed E-state index contributed by atoms with van der Waals surface area (Å²) in [6.07, 6.45) is 1.18. The number of carbonyl (C=O) groups excluding carboxylic acids is 1. The van der Waals surface area contributed by atoms with Crippen LogP contribution < -0.4 is 5.32 Å². The third-order valence-electron chi connectivity index (χ3n) is 2.76. The van der Waals surface area contributed by atoms with Gasteiger partial charge in [-0.3, -0.25) is 9.69 Å². The summed E-state index contributed by atoms with van der Waals surface area (Å²) >= 11 is 0. The first-order valence-corrected chi connectivity index (χ1v) is 6.14. The number of hydrogen-bond donors (Lipinski definition) is 2. The standard InChI is InChI=1S/C12H26N2O3/c1-10(15)6-8-14(3)11(2)12(16)13-7-5-9-17-4/h10-11,15H,5-9H2,1-4H3,(H,13,16). The van der Waals surface area contributed by atoms with E-state index in [9.17, 15) is 9.90 Å². The van der Waals surface area contributed by atoms with E-state index in [0.717, 1.165) is 6.42 Å². The minimum atomic E-state index is -0.325. The van der Waals surface area contributed by atoms with Gasteiger partial charge >= 0.3 is 0 Å². The molecule has 0 bridgehead atoms. The van der Waals surface area contributed by atoms with Crippen molar-refractivity contribution in [3.8, 4) is 0 Å². The van der Waals surface area contributed by atoms with Crippen LogP contribution in [0.4, 0.5) is 0 Å². The second kappa shape index (κ2) is 9.39. The first kappa shape index (κ1) is 16.4. The predicted molar refractivity (Wildman–Crippen MR) is 67.9 cm³/mol. The molecular formula is C12H26N2O3. The van der Waals surface area contributed by atoms with Crippen LogP contribution in [-0.2, 0) is 9.53 Å². The number of hydrogen-bond acceptors (Lipinski definition) is 4. The lowest BCUT2D eigenvalue weighted by molar-refractivity contribution is -0.125. The minimum absolute atomic E-state index is 0.0224. The van der Waals surface area contributed by atoms with Crippen molar-refractivity contribution < 1.29 is 14.6 Å². The summed E-state index contributed by atoms with van der Waals surface area (Å²) in [5.74, 6) is 0.0224. The van der Waals surface area contributed by atoms with Crippen LogP contribution in [-0.4, -0.2) is 61.9 Å². The highest BCUT2D eigenvalue weighted by molar-refractivity contribution is 5.81. The van der Waals surface area contributed by atoms with Crippen LogP contribution in [0.5, 0.6) is 0 Å². The molecule has 0 saturated carbocycles. The quantitative estimate of drug-likeness (QED) is 0.572. The Bertz CT molecular complexity index is 210. The van der Waals surface area contributed by atoms with Crippen LogP contribution in [0, 0.1) is 0 Å². The van der Waals surface area contributed by atoms with Crippen molar-refractivity contribution >= 4 is 5.91 Å². The Morgan fingerprint density at radius 1 is 1.47 bits per heavy atom. The number of aliphatic hydroxyl groups excluding tert-OH is 1. The van der Waals surface area contributed by atoms with Crippen LogP contribution in [0.15, 0.2) is 0 Å². The summed E-state index contributed by atoms with van der Waals surface area (Å²) in [7, 11) is 3.54. The number of nitrogens with zero attached hydrogens (tertiary/aromatic N) is 1. The number of amides is 1. The zero-order valence-electron chi connectivity index (χ0n) is 11.4. The zero-order valence-corrected chi connectivity index (χ0v) is 11.4. The van der Waals surface area contributed by atoms with Gasteiger partial charge in [0.15, 0.2) is 0 Å². The van der Waals surface area contributed by atoms with Gasteiger partial charge in [-0.25, -0.2) is 0 Å². The molecule has 0 spiro atoms. The van der Waals surface area contributed by atoms with E-state index in [1.54, 1.807) is 14.0 Å². The molecule has 2 unspecified atom stereocenters.